The number of amidine groups is 1. The highest BCUT2D eigenvalue weighted by Gasteiger charge is 2.59. The lowest BCUT2D eigenvalue weighted by molar-refractivity contribution is 0.308. The number of nitrogens with zero attached hydrogens (tertiary/aromatic N) is 5. The summed E-state index contributed by atoms with van der Waals surface area (Å²) in [5.41, 5.74) is -29.5. The highest BCUT2D eigenvalue weighted by atomic mass is 19.2. The number of aliphatic imine (C=N–C) groups is 3. The van der Waals surface area contributed by atoms with Crippen LogP contribution in [-0.2, 0) is 0 Å². The second kappa shape index (κ2) is 21.0. The Labute approximate surface area is 500 Å². The summed E-state index contributed by atoms with van der Waals surface area (Å²) in [4.78, 5) is 16.9. The maximum absolute atomic E-state index is 17.2. The summed E-state index contributed by atoms with van der Waals surface area (Å²) < 4.78 is 405. The van der Waals surface area contributed by atoms with Crippen molar-refractivity contribution in [2.24, 2.45) is 20.9 Å². The number of piperidine rings is 1. The van der Waals surface area contributed by atoms with E-state index >= 15 is 105 Å². The maximum Gasteiger partial charge on any atom is 0.200 e. The molecule has 6 nitrogen and oxygen atoms in total. The molecule has 0 spiro atoms. The Kier molecular flexibility index (Phi) is 13.6. The van der Waals surface area contributed by atoms with E-state index in [0.29, 0.717) is 60.6 Å². The Balaban J connectivity index is 1.28. The molecule has 16 rings (SSSR count). The van der Waals surface area contributed by atoms with Crippen LogP contribution in [0.2, 0.25) is 0 Å². The smallest absolute Gasteiger partial charge is 0.200 e. The Bertz CT molecular complexity index is 5000. The van der Waals surface area contributed by atoms with E-state index in [-0.39, 0.29) is 13.1 Å². The number of likely N-dealkylation sites (tertiary alicyclic amines) is 1. The van der Waals surface area contributed by atoms with Gasteiger partial charge in [0.2, 0.25) is 29.1 Å². The number of aromatic amines is 1. The minimum Gasteiger partial charge on any atom is -0.378 e. The van der Waals surface area contributed by atoms with Gasteiger partial charge in [-0.3, -0.25) is 0 Å². The standard InChI is InChI=1S/C62H21F25N6/c63-32-26(33(64)43(74)52(83)42(32)73)21-15-4-5-16(14(15)10-13-92-11-2-1-3-12-92)22(27-34(65)44(75)53(84)45(76)35(27)66)58-60-31-57(21)91-62-25(30-40(71)50(81)56(87)51(82)41(30)72)20-9-7-18(89-20)23(28-36(67)46(77)54(85)47(78)37(28)68)17-6-8-19(88-17)24(59(90-58)61(31)93(60)62)29-38(69)48(79)55(86)49(80)39(29)70/h4-10,13-14,61,89H,1-3,11-12H2/b13-10-,21-15?,22-16?,23-17?,23-18?,24-19?,25-20?,57-21?,58-22?,59-24?,62-25?. The Morgan fingerprint density at radius 1 is 0.366 bits per heavy atom. The number of hydrogen-bond acceptors (Lipinski definition) is 5. The predicted octanol–water partition coefficient (Wildman–Crippen LogP) is 14.4. The van der Waals surface area contributed by atoms with Crippen molar-refractivity contribution in [3.8, 4) is 0 Å². The van der Waals surface area contributed by atoms with Gasteiger partial charge in [0, 0.05) is 52.2 Å². The average Bonchev–Trinajstić information content (AvgIpc) is 1.63. The molecule has 1 N–H and O–H groups in total. The lowest BCUT2D eigenvalue weighted by Crippen LogP contribution is -2.61. The molecule has 474 valence electrons. The van der Waals surface area contributed by atoms with Crippen LogP contribution in [0, 0.1) is 151 Å². The third-order valence-electron chi connectivity index (χ3n) is 16.6. The number of fused-ring (bicyclic) bond motifs is 5. The fraction of sp³-hybridized carbons (Fsp3) is 0.113. The molecule has 8 aliphatic heterocycles. The molecule has 6 aromatic rings. The van der Waals surface area contributed by atoms with Crippen molar-refractivity contribution >= 4 is 45.1 Å². The molecule has 2 fully saturated rings. The minimum atomic E-state index is -2.95. The number of allylic oxidation sites excluding steroid dienone is 9. The summed E-state index contributed by atoms with van der Waals surface area (Å²) in [5.74, 6) is -74.6. The van der Waals surface area contributed by atoms with Gasteiger partial charge >= 0.3 is 0 Å². The molecule has 2 aliphatic carbocycles. The normalized spacial score (nSPS) is 19.0. The van der Waals surface area contributed by atoms with Gasteiger partial charge in [-0.1, -0.05) is 18.2 Å². The highest BCUT2D eigenvalue weighted by Crippen LogP contribution is 2.61. The van der Waals surface area contributed by atoms with Crippen molar-refractivity contribution < 1.29 is 110 Å². The maximum atomic E-state index is 17.2. The molecule has 0 amide bonds. The van der Waals surface area contributed by atoms with Crippen molar-refractivity contribution in [1.29, 1.82) is 0 Å². The second-order valence-corrected chi connectivity index (χ2v) is 21.4. The molecule has 93 heavy (non-hydrogen) atoms. The van der Waals surface area contributed by atoms with Crippen LogP contribution >= 0.6 is 0 Å². The van der Waals surface area contributed by atoms with Crippen molar-refractivity contribution in [3.63, 3.8) is 0 Å². The van der Waals surface area contributed by atoms with Gasteiger partial charge in [-0.15, -0.1) is 0 Å². The lowest BCUT2D eigenvalue weighted by atomic mass is 9.73. The van der Waals surface area contributed by atoms with Crippen LogP contribution in [0.1, 0.15) is 47.1 Å². The number of halogens is 25. The molecule has 5 aromatic carbocycles. The average molecular weight is 1320 g/mol. The summed E-state index contributed by atoms with van der Waals surface area (Å²) >= 11 is 0. The Morgan fingerprint density at radius 2 is 0.731 bits per heavy atom. The largest absolute Gasteiger partial charge is 0.378 e. The Hall–Kier alpha value is -10.1. The second-order valence-electron chi connectivity index (χ2n) is 21.4. The molecule has 31 heteroatoms. The van der Waals surface area contributed by atoms with Crippen LogP contribution in [0.5, 0.6) is 0 Å². The summed E-state index contributed by atoms with van der Waals surface area (Å²) in [6.07, 6.45) is 6.09. The molecule has 1 aromatic heterocycles. The van der Waals surface area contributed by atoms with E-state index in [1.807, 2.05) is 0 Å². The number of nitrogens with one attached hydrogen (secondary N) is 1. The van der Waals surface area contributed by atoms with E-state index < -0.39 is 281 Å². The first-order valence-corrected chi connectivity index (χ1v) is 26.7. The fourth-order valence-electron chi connectivity index (χ4n) is 12.5. The van der Waals surface area contributed by atoms with Crippen molar-refractivity contribution in [2.75, 3.05) is 13.1 Å². The van der Waals surface area contributed by atoms with Crippen LogP contribution < -0.4 is 10.7 Å². The molecule has 14 bridgehead atoms. The summed E-state index contributed by atoms with van der Waals surface area (Å²) in [6.45, 7) is 0.356. The van der Waals surface area contributed by atoms with Gasteiger partial charge < -0.3 is 14.8 Å². The van der Waals surface area contributed by atoms with Gasteiger partial charge in [0.25, 0.3) is 0 Å². The monoisotopic (exact) mass is 1320 g/mol. The van der Waals surface area contributed by atoms with Gasteiger partial charge in [0.05, 0.1) is 73.0 Å². The summed E-state index contributed by atoms with van der Waals surface area (Å²) in [7, 11) is 0. The number of benzene rings is 5. The molecule has 0 radical (unpaired) electrons. The van der Waals surface area contributed by atoms with E-state index in [1.54, 1.807) is 0 Å². The first-order valence-electron chi connectivity index (χ1n) is 26.7. The van der Waals surface area contributed by atoms with Gasteiger partial charge in [-0.25, -0.2) is 125 Å². The third-order valence-corrected chi connectivity index (χ3v) is 16.6. The van der Waals surface area contributed by atoms with Crippen molar-refractivity contribution in [2.45, 2.75) is 25.3 Å². The SMILES string of the molecule is Fc1c(F)c(F)c(C2=C3C=CC(=N3)C(c3c(F)c(F)c(F)c(F)c3F)=c3ccc([nH]3)=C(c3c(F)c(F)c(F)c(F)c3F)C3=NC4=C5C6=C(N=C2C5N36)C(c2c(F)c(F)c(F)c(F)c2F)=C2C=CC(=C4c3c(F)c(F)c(F)c(F)c3F)C2/C=C\N2CCCCC2)c(F)c1F. The Morgan fingerprint density at radius 3 is 1.16 bits per heavy atom. The van der Waals surface area contributed by atoms with E-state index in [0.717, 1.165) is 6.08 Å². The predicted molar refractivity (Wildman–Crippen MR) is 275 cm³/mol. The molecule has 2 saturated heterocycles. The molecule has 10 aliphatic rings. The molecule has 0 saturated carbocycles. The van der Waals surface area contributed by atoms with E-state index in [4.69, 9.17) is 0 Å². The van der Waals surface area contributed by atoms with E-state index in [2.05, 4.69) is 20.0 Å². The number of aromatic nitrogens is 1. The van der Waals surface area contributed by atoms with Gasteiger partial charge in [0.1, 0.15) is 11.9 Å². The number of H-pyrrole nitrogens is 1. The van der Waals surface area contributed by atoms with Crippen molar-refractivity contribution in [1.82, 2.24) is 14.8 Å². The van der Waals surface area contributed by atoms with Gasteiger partial charge in [0.15, 0.2) is 116 Å². The fourth-order valence-corrected chi connectivity index (χ4v) is 12.5. The number of hydrogen-bond donors (Lipinski definition) is 1. The first kappa shape index (κ1) is 60.5. The van der Waals surface area contributed by atoms with Crippen LogP contribution in [0.15, 0.2) is 103 Å². The quantitative estimate of drug-likeness (QED) is 0.0984. The van der Waals surface area contributed by atoms with Gasteiger partial charge in [-0.2, -0.15) is 0 Å². The van der Waals surface area contributed by atoms with E-state index in [9.17, 15) is 4.39 Å². The van der Waals surface area contributed by atoms with Crippen LogP contribution in [0.25, 0.3) is 27.9 Å². The zero-order chi connectivity index (χ0) is 66.5. The van der Waals surface area contributed by atoms with Crippen molar-refractivity contribution in [3.05, 3.63) is 272 Å². The highest BCUT2D eigenvalue weighted by molar-refractivity contribution is 6.38. The lowest BCUT2D eigenvalue weighted by Gasteiger charge is -2.55. The third kappa shape index (κ3) is 8.11. The minimum absolute atomic E-state index is 0.178. The zero-order valence-corrected chi connectivity index (χ0v) is 45.0. The van der Waals surface area contributed by atoms with Crippen LogP contribution in [-0.4, -0.2) is 51.2 Å². The topological polar surface area (TPSA) is 59.4 Å². The van der Waals surface area contributed by atoms with Crippen LogP contribution in [0.3, 0.4) is 0 Å². The summed E-state index contributed by atoms with van der Waals surface area (Å²) in [5, 5.41) is -2.38. The van der Waals surface area contributed by atoms with Crippen LogP contribution in [0.4, 0.5) is 110 Å². The molecule has 2 atom stereocenters. The molecule has 2 unspecified atom stereocenters. The van der Waals surface area contributed by atoms with Gasteiger partial charge in [-0.05, 0) is 60.9 Å². The molecule has 9 heterocycles. The first-order chi connectivity index (χ1) is 44.1. The molecular formula is C62H21F25N6. The van der Waals surface area contributed by atoms with E-state index in [1.165, 1.54) is 11.1 Å². The number of rotatable bonds is 7. The molecular weight excluding hydrogens is 1300 g/mol. The summed E-state index contributed by atoms with van der Waals surface area (Å²) in [6, 6.07) is -1.67. The zero-order valence-electron chi connectivity index (χ0n) is 45.0.